The van der Waals surface area contributed by atoms with Crippen LogP contribution >= 0.6 is 0 Å². The van der Waals surface area contributed by atoms with E-state index in [1.807, 2.05) is 0 Å². The molecule has 19 heavy (non-hydrogen) atoms. The van der Waals surface area contributed by atoms with E-state index < -0.39 is 0 Å². The van der Waals surface area contributed by atoms with Crippen molar-refractivity contribution in [2.45, 2.75) is 31.7 Å². The molecule has 1 fully saturated rings. The number of hydrogen-bond acceptors (Lipinski definition) is 3. The van der Waals surface area contributed by atoms with E-state index in [0.29, 0.717) is 12.1 Å². The molecular formula is C14H20N2O3. The Bertz CT molecular complexity index is 510. The van der Waals surface area contributed by atoms with E-state index >= 15 is 0 Å². The minimum atomic E-state index is -0.193. The van der Waals surface area contributed by atoms with Crippen molar-refractivity contribution < 1.29 is 9.90 Å². The molecule has 0 saturated carbocycles. The summed E-state index contributed by atoms with van der Waals surface area (Å²) in [5.41, 5.74) is 0.213. The van der Waals surface area contributed by atoms with Gasteiger partial charge in [0, 0.05) is 31.4 Å². The van der Waals surface area contributed by atoms with Crippen LogP contribution in [-0.4, -0.2) is 39.7 Å². The quantitative estimate of drug-likeness (QED) is 0.858. The molecule has 1 atom stereocenters. The molecule has 2 rings (SSSR count). The number of carbonyl (C=O) groups is 1. The van der Waals surface area contributed by atoms with Crippen molar-refractivity contribution >= 4 is 5.91 Å². The van der Waals surface area contributed by atoms with Crippen LogP contribution in [0.15, 0.2) is 23.1 Å². The van der Waals surface area contributed by atoms with Crippen LogP contribution in [0, 0.1) is 0 Å². The first-order chi connectivity index (χ1) is 9.13. The van der Waals surface area contributed by atoms with E-state index in [0.717, 1.165) is 25.7 Å². The van der Waals surface area contributed by atoms with Crippen LogP contribution in [0.1, 0.15) is 36.0 Å². The van der Waals surface area contributed by atoms with Gasteiger partial charge in [-0.25, -0.2) is 0 Å². The Hall–Kier alpha value is -1.62. The largest absolute Gasteiger partial charge is 0.394 e. The van der Waals surface area contributed by atoms with E-state index in [9.17, 15) is 14.7 Å². The number of amides is 1. The standard InChI is InChI=1S/C14H20N2O3/c1-15-8-6-11(9-13(15)18)14(19)16-7-4-2-3-5-12(16)10-17/h6,8-9,12,17H,2-5,7,10H2,1H3. The molecule has 5 heteroatoms. The number of aliphatic hydroxyl groups is 1. The van der Waals surface area contributed by atoms with Crippen molar-refractivity contribution in [2.24, 2.45) is 7.05 Å². The van der Waals surface area contributed by atoms with Crippen molar-refractivity contribution in [1.82, 2.24) is 9.47 Å². The Balaban J connectivity index is 2.25. The van der Waals surface area contributed by atoms with Gasteiger partial charge in [0.25, 0.3) is 11.5 Å². The van der Waals surface area contributed by atoms with Crippen LogP contribution in [0.3, 0.4) is 0 Å². The van der Waals surface area contributed by atoms with Gasteiger partial charge in [-0.3, -0.25) is 9.59 Å². The molecule has 0 spiro atoms. The zero-order chi connectivity index (χ0) is 13.8. The van der Waals surface area contributed by atoms with Gasteiger partial charge in [0.15, 0.2) is 0 Å². The smallest absolute Gasteiger partial charge is 0.254 e. The van der Waals surface area contributed by atoms with E-state index in [2.05, 4.69) is 0 Å². The maximum Gasteiger partial charge on any atom is 0.254 e. The number of aromatic nitrogens is 1. The summed E-state index contributed by atoms with van der Waals surface area (Å²) in [6.07, 6.45) is 5.49. The number of nitrogens with zero attached hydrogens (tertiary/aromatic N) is 2. The first kappa shape index (κ1) is 13.8. The minimum Gasteiger partial charge on any atom is -0.394 e. The fraction of sp³-hybridized carbons (Fsp3) is 0.571. The zero-order valence-electron chi connectivity index (χ0n) is 11.2. The molecule has 104 valence electrons. The summed E-state index contributed by atoms with van der Waals surface area (Å²) in [7, 11) is 1.65. The van der Waals surface area contributed by atoms with Crippen molar-refractivity contribution in [3.05, 3.63) is 34.2 Å². The van der Waals surface area contributed by atoms with Gasteiger partial charge in [-0.1, -0.05) is 12.8 Å². The van der Waals surface area contributed by atoms with Crippen LogP contribution < -0.4 is 5.56 Å². The summed E-state index contributed by atoms with van der Waals surface area (Å²) < 4.78 is 1.43. The highest BCUT2D eigenvalue weighted by atomic mass is 16.3. The Labute approximate surface area is 112 Å². The lowest BCUT2D eigenvalue weighted by atomic mass is 10.1. The maximum atomic E-state index is 12.5. The van der Waals surface area contributed by atoms with Gasteiger partial charge in [0.2, 0.25) is 0 Å². The summed E-state index contributed by atoms with van der Waals surface area (Å²) in [4.78, 5) is 25.8. The van der Waals surface area contributed by atoms with Crippen LogP contribution in [0.2, 0.25) is 0 Å². The maximum absolute atomic E-state index is 12.5. The number of aliphatic hydroxyl groups excluding tert-OH is 1. The van der Waals surface area contributed by atoms with Crippen molar-refractivity contribution in [1.29, 1.82) is 0 Å². The molecule has 5 nitrogen and oxygen atoms in total. The predicted octanol–water partition coefficient (Wildman–Crippen LogP) is 0.762. The third-order valence-electron chi connectivity index (χ3n) is 3.70. The Kier molecular flexibility index (Phi) is 4.37. The van der Waals surface area contributed by atoms with Crippen LogP contribution in [0.5, 0.6) is 0 Å². The molecule has 0 aliphatic carbocycles. The van der Waals surface area contributed by atoms with Crippen molar-refractivity contribution in [3.8, 4) is 0 Å². The highest BCUT2D eigenvalue weighted by molar-refractivity contribution is 5.94. The second-order valence-electron chi connectivity index (χ2n) is 5.05. The van der Waals surface area contributed by atoms with Gasteiger partial charge in [0.1, 0.15) is 0 Å². The van der Waals surface area contributed by atoms with Crippen molar-refractivity contribution in [2.75, 3.05) is 13.2 Å². The fourth-order valence-electron chi connectivity index (χ4n) is 2.48. The molecule has 1 aliphatic rings. The second kappa shape index (κ2) is 6.02. The molecule has 1 N–H and O–H groups in total. The SMILES string of the molecule is Cn1ccc(C(=O)N2CCCCCC2CO)cc1=O. The summed E-state index contributed by atoms with van der Waals surface area (Å²) in [6, 6.07) is 2.89. The summed E-state index contributed by atoms with van der Waals surface area (Å²) in [5, 5.41) is 9.42. The Morgan fingerprint density at radius 1 is 1.42 bits per heavy atom. The molecular weight excluding hydrogens is 244 g/mol. The van der Waals surface area contributed by atoms with Crippen LogP contribution in [0.4, 0.5) is 0 Å². The normalized spacial score (nSPS) is 20.1. The van der Waals surface area contributed by atoms with Gasteiger partial charge in [-0.2, -0.15) is 0 Å². The molecule has 0 aromatic carbocycles. The molecule has 1 aliphatic heterocycles. The van der Waals surface area contributed by atoms with E-state index in [1.54, 1.807) is 24.2 Å². The highest BCUT2D eigenvalue weighted by Crippen LogP contribution is 2.18. The Morgan fingerprint density at radius 3 is 2.89 bits per heavy atom. The van der Waals surface area contributed by atoms with E-state index in [4.69, 9.17) is 0 Å². The van der Waals surface area contributed by atoms with E-state index in [1.165, 1.54) is 10.6 Å². The lowest BCUT2D eigenvalue weighted by molar-refractivity contribution is 0.0599. The number of carbonyl (C=O) groups excluding carboxylic acids is 1. The molecule has 1 unspecified atom stereocenters. The molecule has 1 amide bonds. The number of rotatable bonds is 2. The molecule has 1 aromatic heterocycles. The number of aryl methyl sites for hydroxylation is 1. The van der Waals surface area contributed by atoms with E-state index in [-0.39, 0.29) is 24.1 Å². The molecule has 2 heterocycles. The molecule has 0 radical (unpaired) electrons. The van der Waals surface area contributed by atoms with Crippen molar-refractivity contribution in [3.63, 3.8) is 0 Å². The average molecular weight is 264 g/mol. The van der Waals surface area contributed by atoms with Gasteiger partial charge in [-0.15, -0.1) is 0 Å². The second-order valence-corrected chi connectivity index (χ2v) is 5.05. The minimum absolute atomic E-state index is 0.0173. The van der Waals surface area contributed by atoms with Gasteiger partial charge >= 0.3 is 0 Å². The average Bonchev–Trinajstić information content (AvgIpc) is 2.66. The Morgan fingerprint density at radius 2 is 2.21 bits per heavy atom. The van der Waals surface area contributed by atoms with Crippen LogP contribution in [-0.2, 0) is 7.05 Å². The monoisotopic (exact) mass is 264 g/mol. The molecule has 0 bridgehead atoms. The number of hydrogen-bond donors (Lipinski definition) is 1. The van der Waals surface area contributed by atoms with Gasteiger partial charge in [0.05, 0.1) is 12.6 Å². The summed E-state index contributed by atoms with van der Waals surface area (Å²) >= 11 is 0. The third-order valence-corrected chi connectivity index (χ3v) is 3.70. The topological polar surface area (TPSA) is 62.5 Å². The first-order valence-corrected chi connectivity index (χ1v) is 6.72. The number of likely N-dealkylation sites (tertiary alicyclic amines) is 1. The van der Waals surface area contributed by atoms with Crippen LogP contribution in [0.25, 0.3) is 0 Å². The number of pyridine rings is 1. The molecule has 1 aromatic rings. The third kappa shape index (κ3) is 3.04. The lowest BCUT2D eigenvalue weighted by Gasteiger charge is -2.28. The zero-order valence-corrected chi connectivity index (χ0v) is 11.2. The summed E-state index contributed by atoms with van der Waals surface area (Å²) in [6.45, 7) is 0.635. The predicted molar refractivity (Wildman–Crippen MR) is 72.1 cm³/mol. The summed E-state index contributed by atoms with van der Waals surface area (Å²) in [5.74, 6) is -0.154. The fourth-order valence-corrected chi connectivity index (χ4v) is 2.48. The van der Waals surface area contributed by atoms with Gasteiger partial charge in [-0.05, 0) is 18.9 Å². The lowest BCUT2D eigenvalue weighted by Crippen LogP contribution is -2.42. The first-order valence-electron chi connectivity index (χ1n) is 6.72. The van der Waals surface area contributed by atoms with Gasteiger partial charge < -0.3 is 14.6 Å². The molecule has 1 saturated heterocycles. The highest BCUT2D eigenvalue weighted by Gasteiger charge is 2.25.